The first-order valence-electron chi connectivity index (χ1n) is 7.28. The predicted octanol–water partition coefficient (Wildman–Crippen LogP) is 0.963. The second-order valence-corrected chi connectivity index (χ2v) is 5.56. The van der Waals surface area contributed by atoms with Crippen LogP contribution in [0.15, 0.2) is 0 Å². The number of nitrogens with zero attached hydrogens (tertiary/aromatic N) is 2. The van der Waals surface area contributed by atoms with Crippen LogP contribution in [0.5, 0.6) is 0 Å². The first-order chi connectivity index (χ1) is 9.16. The molecule has 5 nitrogen and oxygen atoms in total. The molecule has 0 amide bonds. The Bertz CT molecular complexity index is 365. The molecule has 1 saturated heterocycles. The van der Waals surface area contributed by atoms with E-state index in [1.54, 1.807) is 0 Å². The summed E-state index contributed by atoms with van der Waals surface area (Å²) in [6.45, 7) is 8.50. The maximum absolute atomic E-state index is 10.0. The Morgan fingerprint density at radius 3 is 2.68 bits per heavy atom. The molecule has 1 atom stereocenters. The predicted molar refractivity (Wildman–Crippen MR) is 76.1 cm³/mol. The van der Waals surface area contributed by atoms with Gasteiger partial charge in [0, 0.05) is 30.9 Å². The van der Waals surface area contributed by atoms with Crippen LogP contribution in [0.2, 0.25) is 0 Å². The van der Waals surface area contributed by atoms with Crippen molar-refractivity contribution in [2.75, 3.05) is 26.2 Å². The van der Waals surface area contributed by atoms with Gasteiger partial charge in [0.1, 0.15) is 0 Å². The third kappa shape index (κ3) is 4.30. The van der Waals surface area contributed by atoms with Crippen molar-refractivity contribution in [2.24, 2.45) is 0 Å². The monoisotopic (exact) mass is 266 g/mol. The summed E-state index contributed by atoms with van der Waals surface area (Å²) in [5.74, 6) is 0. The van der Waals surface area contributed by atoms with Crippen LogP contribution in [0.1, 0.15) is 36.2 Å². The Kier molecular flexibility index (Phi) is 5.36. The first-order valence-corrected chi connectivity index (χ1v) is 7.28. The maximum atomic E-state index is 10.0. The maximum Gasteiger partial charge on any atom is 0.0791 e. The third-order valence-corrected chi connectivity index (χ3v) is 3.88. The molecule has 19 heavy (non-hydrogen) atoms. The van der Waals surface area contributed by atoms with Crippen molar-refractivity contribution in [3.63, 3.8) is 0 Å². The Morgan fingerprint density at radius 1 is 1.32 bits per heavy atom. The number of β-amino-alcohol motifs (C(OH)–C–C–N with tert-alkyl or cyclic N) is 1. The minimum absolute atomic E-state index is 0.286. The molecule has 108 valence electrons. The van der Waals surface area contributed by atoms with Crippen LogP contribution in [0.25, 0.3) is 0 Å². The molecule has 1 aromatic heterocycles. The Hall–Kier alpha value is -0.910. The fourth-order valence-corrected chi connectivity index (χ4v) is 2.70. The van der Waals surface area contributed by atoms with Gasteiger partial charge in [-0.2, -0.15) is 5.10 Å². The first kappa shape index (κ1) is 14.5. The molecule has 1 aliphatic rings. The lowest BCUT2D eigenvalue weighted by Gasteiger charge is -2.28. The van der Waals surface area contributed by atoms with Gasteiger partial charge in [0.05, 0.1) is 11.8 Å². The van der Waals surface area contributed by atoms with Gasteiger partial charge in [0.15, 0.2) is 0 Å². The number of aromatic amines is 1. The summed E-state index contributed by atoms with van der Waals surface area (Å²) in [6, 6.07) is 0. The number of hydrogen-bond acceptors (Lipinski definition) is 4. The highest BCUT2D eigenvalue weighted by Gasteiger charge is 2.14. The molecule has 0 bridgehead atoms. The summed E-state index contributed by atoms with van der Waals surface area (Å²) in [5.41, 5.74) is 3.36. The van der Waals surface area contributed by atoms with Gasteiger partial charge < -0.3 is 15.3 Å². The highest BCUT2D eigenvalue weighted by atomic mass is 16.3. The Morgan fingerprint density at radius 2 is 2.05 bits per heavy atom. The molecule has 1 unspecified atom stereocenters. The zero-order valence-electron chi connectivity index (χ0n) is 12.1. The van der Waals surface area contributed by atoms with Crippen LogP contribution >= 0.6 is 0 Å². The second kappa shape index (κ2) is 7.03. The SMILES string of the molecule is Cc1n[nH]c(C)c1CNCC(O)CN1CCCCC1. The number of hydrogen-bond donors (Lipinski definition) is 3. The number of aryl methyl sites for hydroxylation is 2. The van der Waals surface area contributed by atoms with E-state index in [4.69, 9.17) is 0 Å². The number of H-pyrrole nitrogens is 1. The van der Waals surface area contributed by atoms with E-state index in [2.05, 4.69) is 20.4 Å². The van der Waals surface area contributed by atoms with Gasteiger partial charge in [-0.15, -0.1) is 0 Å². The summed E-state index contributed by atoms with van der Waals surface area (Å²) in [6.07, 6.45) is 3.59. The molecule has 2 rings (SSSR count). The van der Waals surface area contributed by atoms with Gasteiger partial charge >= 0.3 is 0 Å². The van der Waals surface area contributed by atoms with E-state index in [1.807, 2.05) is 13.8 Å². The standard InChI is InChI=1S/C14H26N4O/c1-11-14(12(2)17-16-11)9-15-8-13(19)10-18-6-4-3-5-7-18/h13,15,19H,3-10H2,1-2H3,(H,16,17). The average molecular weight is 266 g/mol. The zero-order valence-corrected chi connectivity index (χ0v) is 12.1. The van der Waals surface area contributed by atoms with Gasteiger partial charge in [0.25, 0.3) is 0 Å². The number of rotatable bonds is 6. The summed E-state index contributed by atoms with van der Waals surface area (Å²) in [5, 5.41) is 20.5. The lowest BCUT2D eigenvalue weighted by Crippen LogP contribution is -2.40. The molecular formula is C14H26N4O. The van der Waals surface area contributed by atoms with E-state index >= 15 is 0 Å². The van der Waals surface area contributed by atoms with Crippen molar-refractivity contribution in [3.05, 3.63) is 17.0 Å². The highest BCUT2D eigenvalue weighted by molar-refractivity contribution is 5.22. The molecule has 0 radical (unpaired) electrons. The molecule has 0 aromatic carbocycles. The molecule has 1 aromatic rings. The highest BCUT2D eigenvalue weighted by Crippen LogP contribution is 2.10. The Balaban J connectivity index is 1.67. The normalized spacial score (nSPS) is 18.7. The molecule has 3 N–H and O–H groups in total. The summed E-state index contributed by atoms with van der Waals surface area (Å²) >= 11 is 0. The molecule has 2 heterocycles. The quantitative estimate of drug-likeness (QED) is 0.718. The van der Waals surface area contributed by atoms with Crippen molar-refractivity contribution >= 4 is 0 Å². The molecular weight excluding hydrogens is 240 g/mol. The number of nitrogens with one attached hydrogen (secondary N) is 2. The fraction of sp³-hybridized carbons (Fsp3) is 0.786. The van der Waals surface area contributed by atoms with E-state index in [0.717, 1.165) is 37.6 Å². The largest absolute Gasteiger partial charge is 0.390 e. The number of likely N-dealkylation sites (tertiary alicyclic amines) is 1. The summed E-state index contributed by atoms with van der Waals surface area (Å²) in [7, 11) is 0. The number of aliphatic hydroxyl groups excluding tert-OH is 1. The topological polar surface area (TPSA) is 64.2 Å². The average Bonchev–Trinajstić information content (AvgIpc) is 2.71. The van der Waals surface area contributed by atoms with Gasteiger partial charge in [-0.05, 0) is 39.8 Å². The molecule has 1 fully saturated rings. The minimum Gasteiger partial charge on any atom is -0.390 e. The lowest BCUT2D eigenvalue weighted by atomic mass is 10.1. The van der Waals surface area contributed by atoms with Gasteiger partial charge in [-0.1, -0.05) is 6.42 Å². The number of piperidine rings is 1. The van der Waals surface area contributed by atoms with Gasteiger partial charge in [0.2, 0.25) is 0 Å². The lowest BCUT2D eigenvalue weighted by molar-refractivity contribution is 0.1000. The van der Waals surface area contributed by atoms with Crippen molar-refractivity contribution in [2.45, 2.75) is 45.8 Å². The summed E-state index contributed by atoms with van der Waals surface area (Å²) < 4.78 is 0. The summed E-state index contributed by atoms with van der Waals surface area (Å²) in [4.78, 5) is 2.37. The van der Waals surface area contributed by atoms with Crippen LogP contribution in [0, 0.1) is 13.8 Å². The van der Waals surface area contributed by atoms with E-state index in [-0.39, 0.29) is 6.10 Å². The van der Waals surface area contributed by atoms with E-state index in [1.165, 1.54) is 24.8 Å². The molecule has 1 aliphatic heterocycles. The van der Waals surface area contributed by atoms with Crippen LogP contribution in [0.3, 0.4) is 0 Å². The Labute approximate surface area is 115 Å². The number of aromatic nitrogens is 2. The van der Waals surface area contributed by atoms with E-state index in [9.17, 15) is 5.11 Å². The van der Waals surface area contributed by atoms with Crippen LogP contribution in [0.4, 0.5) is 0 Å². The third-order valence-electron chi connectivity index (χ3n) is 3.88. The zero-order chi connectivity index (χ0) is 13.7. The van der Waals surface area contributed by atoms with Crippen molar-refractivity contribution in [1.82, 2.24) is 20.4 Å². The van der Waals surface area contributed by atoms with Gasteiger partial charge in [-0.3, -0.25) is 5.10 Å². The van der Waals surface area contributed by atoms with Crippen LogP contribution in [-0.2, 0) is 6.54 Å². The minimum atomic E-state index is -0.286. The smallest absolute Gasteiger partial charge is 0.0791 e. The number of aliphatic hydroxyl groups is 1. The van der Waals surface area contributed by atoms with Crippen LogP contribution in [-0.4, -0.2) is 52.5 Å². The molecule has 0 spiro atoms. The fourth-order valence-electron chi connectivity index (χ4n) is 2.70. The van der Waals surface area contributed by atoms with Crippen LogP contribution < -0.4 is 5.32 Å². The van der Waals surface area contributed by atoms with Crippen molar-refractivity contribution < 1.29 is 5.11 Å². The van der Waals surface area contributed by atoms with E-state index in [0.29, 0.717) is 6.54 Å². The van der Waals surface area contributed by atoms with Gasteiger partial charge in [-0.25, -0.2) is 0 Å². The molecule has 0 aliphatic carbocycles. The molecule has 5 heteroatoms. The molecule has 0 saturated carbocycles. The van der Waals surface area contributed by atoms with Crippen molar-refractivity contribution in [3.8, 4) is 0 Å². The van der Waals surface area contributed by atoms with Crippen molar-refractivity contribution in [1.29, 1.82) is 0 Å². The van der Waals surface area contributed by atoms with E-state index < -0.39 is 0 Å². The second-order valence-electron chi connectivity index (χ2n) is 5.56.